The van der Waals surface area contributed by atoms with E-state index in [0.717, 1.165) is 62.6 Å². The highest BCUT2D eigenvalue weighted by molar-refractivity contribution is 5.94. The number of hydrogen-bond donors (Lipinski definition) is 1. The third-order valence-corrected chi connectivity index (χ3v) is 6.56. The molecule has 0 spiro atoms. The van der Waals surface area contributed by atoms with Crippen molar-refractivity contribution in [2.24, 2.45) is 0 Å². The van der Waals surface area contributed by atoms with Gasteiger partial charge in [-0.1, -0.05) is 23.8 Å². The van der Waals surface area contributed by atoms with E-state index in [1.165, 1.54) is 18.2 Å². The first kappa shape index (κ1) is 24.1. The molecule has 1 unspecified atom stereocenters. The Kier molecular flexibility index (Phi) is 8.06. The molecular formula is C27H35N3O4. The zero-order valence-electron chi connectivity index (χ0n) is 20.2. The third kappa shape index (κ3) is 6.73. The van der Waals surface area contributed by atoms with E-state index in [1.54, 1.807) is 0 Å². The molecule has 2 aromatic carbocycles. The van der Waals surface area contributed by atoms with Crippen LogP contribution in [-0.4, -0.2) is 62.2 Å². The van der Waals surface area contributed by atoms with Crippen LogP contribution in [0.5, 0.6) is 5.75 Å². The third-order valence-electron chi connectivity index (χ3n) is 6.56. The zero-order valence-corrected chi connectivity index (χ0v) is 20.2. The fourth-order valence-electron chi connectivity index (χ4n) is 4.56. The van der Waals surface area contributed by atoms with Gasteiger partial charge in [-0.15, -0.1) is 0 Å². The molecule has 0 radical (unpaired) electrons. The Bertz CT molecular complexity index is 984. The maximum Gasteiger partial charge on any atom is 0.302 e. The maximum atomic E-state index is 11.6. The van der Waals surface area contributed by atoms with Crippen LogP contribution in [0.1, 0.15) is 37.3 Å². The van der Waals surface area contributed by atoms with Gasteiger partial charge in [0.2, 0.25) is 5.91 Å². The smallest absolute Gasteiger partial charge is 0.302 e. The van der Waals surface area contributed by atoms with Crippen molar-refractivity contribution in [1.29, 1.82) is 0 Å². The molecule has 2 aliphatic rings. The highest BCUT2D eigenvalue weighted by Crippen LogP contribution is 2.27. The number of aryl methyl sites for hydroxylation is 2. The van der Waals surface area contributed by atoms with Crippen LogP contribution in [-0.2, 0) is 20.7 Å². The van der Waals surface area contributed by atoms with Crippen molar-refractivity contribution >= 4 is 23.3 Å². The number of nitrogens with one attached hydrogen (secondary N) is 1. The van der Waals surface area contributed by atoms with E-state index in [0.29, 0.717) is 19.4 Å². The average Bonchev–Trinajstić information content (AvgIpc) is 2.83. The summed E-state index contributed by atoms with van der Waals surface area (Å²) < 4.78 is 11.5. The summed E-state index contributed by atoms with van der Waals surface area (Å²) in [4.78, 5) is 28.1. The first-order chi connectivity index (χ1) is 16.5. The molecule has 1 atom stereocenters. The predicted octanol–water partition coefficient (Wildman–Crippen LogP) is 3.79. The molecule has 34 heavy (non-hydrogen) atoms. The summed E-state index contributed by atoms with van der Waals surface area (Å²) in [6, 6.07) is 14.5. The summed E-state index contributed by atoms with van der Waals surface area (Å²) in [5, 5.41) is 2.90. The van der Waals surface area contributed by atoms with E-state index < -0.39 is 0 Å². The van der Waals surface area contributed by atoms with Gasteiger partial charge in [0.15, 0.2) is 0 Å². The van der Waals surface area contributed by atoms with Crippen LogP contribution in [0.4, 0.5) is 11.4 Å². The van der Waals surface area contributed by atoms with Crippen LogP contribution < -0.4 is 15.0 Å². The monoisotopic (exact) mass is 465 g/mol. The van der Waals surface area contributed by atoms with Crippen LogP contribution >= 0.6 is 0 Å². The number of fused-ring (bicyclic) bond motifs is 1. The number of anilines is 2. The number of esters is 1. The molecule has 2 aromatic rings. The average molecular weight is 466 g/mol. The number of rotatable bonds is 9. The van der Waals surface area contributed by atoms with E-state index in [2.05, 4.69) is 46.3 Å². The van der Waals surface area contributed by atoms with Crippen LogP contribution in [0.3, 0.4) is 0 Å². The molecule has 1 N–H and O–H groups in total. The Morgan fingerprint density at radius 2 is 1.79 bits per heavy atom. The minimum absolute atomic E-state index is 0.0410. The van der Waals surface area contributed by atoms with Crippen molar-refractivity contribution in [3.8, 4) is 5.75 Å². The quantitative estimate of drug-likeness (QED) is 0.568. The van der Waals surface area contributed by atoms with Crippen molar-refractivity contribution in [2.45, 2.75) is 45.6 Å². The zero-order chi connectivity index (χ0) is 23.9. The van der Waals surface area contributed by atoms with E-state index in [4.69, 9.17) is 9.47 Å². The molecule has 2 aliphatic heterocycles. The number of carbonyl (C=O) groups excluding carboxylic acids is 2. The molecule has 0 bridgehead atoms. The fraction of sp³-hybridized carbons (Fsp3) is 0.481. The molecule has 4 rings (SSSR count). The van der Waals surface area contributed by atoms with Gasteiger partial charge in [-0.2, -0.15) is 0 Å². The Balaban J connectivity index is 1.22. The normalized spacial score (nSPS) is 17.0. The molecule has 2 heterocycles. The molecule has 7 heteroatoms. The minimum atomic E-state index is -0.259. The number of carbonyl (C=O) groups is 2. The summed E-state index contributed by atoms with van der Waals surface area (Å²) in [6.45, 7) is 8.91. The van der Waals surface area contributed by atoms with E-state index in [1.807, 2.05) is 18.2 Å². The minimum Gasteiger partial charge on any atom is -0.493 e. The van der Waals surface area contributed by atoms with Crippen molar-refractivity contribution in [3.05, 3.63) is 53.6 Å². The molecule has 182 valence electrons. The Morgan fingerprint density at radius 3 is 2.53 bits per heavy atom. The molecule has 0 aromatic heterocycles. The summed E-state index contributed by atoms with van der Waals surface area (Å²) in [7, 11) is 0. The fourth-order valence-corrected chi connectivity index (χ4v) is 4.56. The van der Waals surface area contributed by atoms with Gasteiger partial charge in [0.1, 0.15) is 11.9 Å². The number of amides is 1. The lowest BCUT2D eigenvalue weighted by Crippen LogP contribution is -2.47. The van der Waals surface area contributed by atoms with Gasteiger partial charge in [-0.25, -0.2) is 0 Å². The summed E-state index contributed by atoms with van der Waals surface area (Å²) in [5.41, 5.74) is 4.52. The second-order valence-corrected chi connectivity index (χ2v) is 9.19. The van der Waals surface area contributed by atoms with Crippen LogP contribution in [0, 0.1) is 6.92 Å². The lowest BCUT2D eigenvalue weighted by atomic mass is 10.0. The number of ether oxygens (including phenoxy) is 2. The highest BCUT2D eigenvalue weighted by Gasteiger charge is 2.20. The first-order valence-corrected chi connectivity index (χ1v) is 12.2. The van der Waals surface area contributed by atoms with Crippen molar-refractivity contribution in [3.63, 3.8) is 0 Å². The van der Waals surface area contributed by atoms with Crippen LogP contribution in [0.2, 0.25) is 0 Å². The summed E-state index contributed by atoms with van der Waals surface area (Å²) >= 11 is 0. The first-order valence-electron chi connectivity index (χ1n) is 12.2. The second kappa shape index (κ2) is 11.4. The Morgan fingerprint density at radius 1 is 1.03 bits per heavy atom. The molecule has 1 fully saturated rings. The topological polar surface area (TPSA) is 71.1 Å². The van der Waals surface area contributed by atoms with Gasteiger partial charge in [-0.3, -0.25) is 14.5 Å². The van der Waals surface area contributed by atoms with E-state index in [9.17, 15) is 9.59 Å². The van der Waals surface area contributed by atoms with Crippen LogP contribution in [0.15, 0.2) is 42.5 Å². The Hall–Kier alpha value is -3.06. The molecule has 1 amide bonds. The number of nitrogens with zero attached hydrogens (tertiary/aromatic N) is 2. The predicted molar refractivity (Wildman–Crippen MR) is 134 cm³/mol. The standard InChI is InChI=1S/C27H35N3O4/c1-20-3-7-23(8-4-20)30-16-14-29(15-17-30)13-11-24(34-21(2)31)12-18-33-25-9-5-22-6-10-27(32)28-26(22)19-25/h3-5,7-9,19,24H,6,10-18H2,1-2H3,(H,28,32). The molecule has 0 saturated carbocycles. The van der Waals surface area contributed by atoms with Gasteiger partial charge < -0.3 is 19.7 Å². The van der Waals surface area contributed by atoms with Crippen molar-refractivity contribution in [1.82, 2.24) is 4.90 Å². The number of piperazine rings is 1. The number of benzene rings is 2. The van der Waals surface area contributed by atoms with Crippen LogP contribution in [0.25, 0.3) is 0 Å². The largest absolute Gasteiger partial charge is 0.493 e. The van der Waals surface area contributed by atoms with Gasteiger partial charge in [0, 0.05) is 69.9 Å². The van der Waals surface area contributed by atoms with Crippen molar-refractivity contribution in [2.75, 3.05) is 49.5 Å². The highest BCUT2D eigenvalue weighted by atomic mass is 16.5. The van der Waals surface area contributed by atoms with Gasteiger partial charge in [0.05, 0.1) is 6.61 Å². The van der Waals surface area contributed by atoms with Gasteiger partial charge >= 0.3 is 5.97 Å². The lowest BCUT2D eigenvalue weighted by molar-refractivity contribution is -0.147. The van der Waals surface area contributed by atoms with Gasteiger partial charge in [-0.05, 0) is 43.5 Å². The van der Waals surface area contributed by atoms with Crippen molar-refractivity contribution < 1.29 is 19.1 Å². The molecule has 0 aliphatic carbocycles. The van der Waals surface area contributed by atoms with Gasteiger partial charge in [0.25, 0.3) is 0 Å². The molecule has 7 nitrogen and oxygen atoms in total. The summed E-state index contributed by atoms with van der Waals surface area (Å²) in [6.07, 6.45) is 2.53. The number of hydrogen-bond acceptors (Lipinski definition) is 6. The molecular weight excluding hydrogens is 430 g/mol. The lowest BCUT2D eigenvalue weighted by Gasteiger charge is -2.36. The molecule has 1 saturated heterocycles. The van der Waals surface area contributed by atoms with E-state index in [-0.39, 0.29) is 18.0 Å². The summed E-state index contributed by atoms with van der Waals surface area (Å²) in [5.74, 6) is 0.500. The maximum absolute atomic E-state index is 11.6. The Labute approximate surface area is 202 Å². The SMILES string of the molecule is CC(=O)OC(CCOc1ccc2c(c1)NC(=O)CC2)CCN1CCN(c2ccc(C)cc2)CC1. The van der Waals surface area contributed by atoms with E-state index >= 15 is 0 Å². The second-order valence-electron chi connectivity index (χ2n) is 9.19.